The van der Waals surface area contributed by atoms with Crippen LogP contribution in [0.2, 0.25) is 0 Å². The summed E-state index contributed by atoms with van der Waals surface area (Å²) in [5.74, 6) is 0. The van der Waals surface area contributed by atoms with Crippen molar-refractivity contribution in [2.45, 2.75) is 38.6 Å². The van der Waals surface area contributed by atoms with E-state index in [0.717, 1.165) is 31.7 Å². The van der Waals surface area contributed by atoms with Crippen molar-refractivity contribution in [2.24, 2.45) is 0 Å². The maximum Gasteiger partial charge on any atom is 0.185 e. The van der Waals surface area contributed by atoms with E-state index < -0.39 is 0 Å². The van der Waals surface area contributed by atoms with Gasteiger partial charge >= 0.3 is 0 Å². The number of rotatable bonds is 6. The Bertz CT molecular complexity index is 530. The van der Waals surface area contributed by atoms with Crippen molar-refractivity contribution in [1.29, 1.82) is 0 Å². The van der Waals surface area contributed by atoms with E-state index in [2.05, 4.69) is 37.9 Å². The van der Waals surface area contributed by atoms with Crippen molar-refractivity contribution in [3.63, 3.8) is 0 Å². The number of nitrogens with one attached hydrogen (secondary N) is 1. The molecule has 2 aromatic heterocycles. The highest BCUT2D eigenvalue weighted by Crippen LogP contribution is 2.21. The summed E-state index contributed by atoms with van der Waals surface area (Å²) in [6, 6.07) is 0.666. The maximum atomic E-state index is 4.51. The lowest BCUT2D eigenvalue weighted by Crippen LogP contribution is -2.42. The standard InChI is InChI=1S/C15H22N4S2/c1-12-11-21-14(18-12)3-2-6-16-13-4-8-19(9-5-13)15-17-7-10-20-15/h7,10-11,13,16H,2-6,8-9H2,1H3. The summed E-state index contributed by atoms with van der Waals surface area (Å²) < 4.78 is 0. The zero-order valence-electron chi connectivity index (χ0n) is 12.4. The van der Waals surface area contributed by atoms with Gasteiger partial charge in [-0.1, -0.05) is 0 Å². The Kier molecular flexibility index (Phi) is 5.22. The van der Waals surface area contributed by atoms with Gasteiger partial charge in [0.1, 0.15) is 0 Å². The van der Waals surface area contributed by atoms with Crippen LogP contribution < -0.4 is 10.2 Å². The molecule has 1 fully saturated rings. The van der Waals surface area contributed by atoms with Gasteiger partial charge in [0.05, 0.1) is 5.01 Å². The van der Waals surface area contributed by atoms with Gasteiger partial charge in [-0.3, -0.25) is 0 Å². The van der Waals surface area contributed by atoms with E-state index in [4.69, 9.17) is 0 Å². The van der Waals surface area contributed by atoms with Crippen LogP contribution in [0.5, 0.6) is 0 Å². The molecule has 0 aliphatic carbocycles. The number of anilines is 1. The molecular formula is C15H22N4S2. The van der Waals surface area contributed by atoms with Gasteiger partial charge in [-0.05, 0) is 32.7 Å². The SMILES string of the molecule is Cc1csc(CCCNC2CCN(c3nccs3)CC2)n1. The number of aromatic nitrogens is 2. The van der Waals surface area contributed by atoms with Gasteiger partial charge in [0.2, 0.25) is 0 Å². The molecule has 2 aromatic rings. The summed E-state index contributed by atoms with van der Waals surface area (Å²) in [6.07, 6.45) is 6.61. The van der Waals surface area contributed by atoms with Crippen molar-refractivity contribution in [3.8, 4) is 0 Å². The Hall–Kier alpha value is -0.980. The molecular weight excluding hydrogens is 300 g/mol. The summed E-state index contributed by atoms with van der Waals surface area (Å²) in [5, 5.41) is 10.3. The summed E-state index contributed by atoms with van der Waals surface area (Å²) in [7, 11) is 0. The minimum Gasteiger partial charge on any atom is -0.348 e. The summed E-state index contributed by atoms with van der Waals surface area (Å²) in [6.45, 7) is 5.41. The molecule has 0 spiro atoms. The molecule has 3 heterocycles. The number of hydrogen-bond donors (Lipinski definition) is 1. The van der Waals surface area contributed by atoms with Crippen LogP contribution in [0.25, 0.3) is 0 Å². The van der Waals surface area contributed by atoms with Gasteiger partial charge in [0.25, 0.3) is 0 Å². The maximum absolute atomic E-state index is 4.51. The molecule has 21 heavy (non-hydrogen) atoms. The Labute approximate surface area is 134 Å². The largest absolute Gasteiger partial charge is 0.348 e. The average molecular weight is 323 g/mol. The van der Waals surface area contributed by atoms with Crippen LogP contribution >= 0.6 is 22.7 Å². The quantitative estimate of drug-likeness (QED) is 0.830. The second-order valence-electron chi connectivity index (χ2n) is 5.52. The van der Waals surface area contributed by atoms with E-state index >= 15 is 0 Å². The fourth-order valence-electron chi connectivity index (χ4n) is 2.71. The van der Waals surface area contributed by atoms with Gasteiger partial charge in [-0.25, -0.2) is 9.97 Å². The number of piperidine rings is 1. The molecule has 1 aliphatic heterocycles. The molecule has 114 valence electrons. The van der Waals surface area contributed by atoms with Crippen LogP contribution in [0.15, 0.2) is 17.0 Å². The van der Waals surface area contributed by atoms with E-state index in [9.17, 15) is 0 Å². The van der Waals surface area contributed by atoms with Crippen molar-refractivity contribution in [1.82, 2.24) is 15.3 Å². The van der Waals surface area contributed by atoms with Gasteiger partial charge in [0.15, 0.2) is 5.13 Å². The highest BCUT2D eigenvalue weighted by Gasteiger charge is 2.19. The second kappa shape index (κ2) is 7.33. The van der Waals surface area contributed by atoms with Crippen LogP contribution in [-0.2, 0) is 6.42 Å². The highest BCUT2D eigenvalue weighted by molar-refractivity contribution is 7.13. The fraction of sp³-hybridized carbons (Fsp3) is 0.600. The lowest BCUT2D eigenvalue weighted by atomic mass is 10.1. The Balaban J connectivity index is 1.32. The van der Waals surface area contributed by atoms with E-state index in [1.54, 1.807) is 22.7 Å². The van der Waals surface area contributed by atoms with Crippen molar-refractivity contribution < 1.29 is 0 Å². The van der Waals surface area contributed by atoms with Crippen molar-refractivity contribution in [3.05, 3.63) is 27.7 Å². The zero-order valence-corrected chi connectivity index (χ0v) is 14.1. The number of aryl methyl sites for hydroxylation is 2. The Morgan fingerprint density at radius 2 is 2.19 bits per heavy atom. The number of thiazole rings is 2. The molecule has 1 saturated heterocycles. The Morgan fingerprint density at radius 1 is 1.33 bits per heavy atom. The monoisotopic (exact) mass is 322 g/mol. The van der Waals surface area contributed by atoms with E-state index in [0.29, 0.717) is 6.04 Å². The van der Waals surface area contributed by atoms with E-state index in [1.807, 2.05) is 6.20 Å². The van der Waals surface area contributed by atoms with Gasteiger partial charge in [-0.15, -0.1) is 22.7 Å². The van der Waals surface area contributed by atoms with Crippen LogP contribution in [-0.4, -0.2) is 35.6 Å². The predicted molar refractivity (Wildman–Crippen MR) is 90.5 cm³/mol. The van der Waals surface area contributed by atoms with Crippen molar-refractivity contribution in [2.75, 3.05) is 24.5 Å². The first-order chi connectivity index (χ1) is 10.3. The van der Waals surface area contributed by atoms with Gasteiger partial charge in [-0.2, -0.15) is 0 Å². The minimum atomic E-state index is 0.666. The van der Waals surface area contributed by atoms with Gasteiger partial charge in [0, 0.05) is 48.2 Å². The normalized spacial score (nSPS) is 16.5. The molecule has 0 bridgehead atoms. The molecule has 3 rings (SSSR count). The average Bonchev–Trinajstić information content (AvgIpc) is 3.16. The molecule has 0 radical (unpaired) electrons. The van der Waals surface area contributed by atoms with Crippen LogP contribution in [0.1, 0.15) is 30.0 Å². The smallest absolute Gasteiger partial charge is 0.185 e. The molecule has 1 aliphatic rings. The first kappa shape index (κ1) is 14.9. The van der Waals surface area contributed by atoms with Crippen molar-refractivity contribution >= 4 is 27.8 Å². The third-order valence-corrected chi connectivity index (χ3v) is 5.71. The van der Waals surface area contributed by atoms with Crippen LogP contribution in [0, 0.1) is 6.92 Å². The highest BCUT2D eigenvalue weighted by atomic mass is 32.1. The third kappa shape index (κ3) is 4.25. The van der Waals surface area contributed by atoms with E-state index in [-0.39, 0.29) is 0 Å². The molecule has 4 nitrogen and oxygen atoms in total. The minimum absolute atomic E-state index is 0.666. The van der Waals surface area contributed by atoms with Crippen LogP contribution in [0.3, 0.4) is 0 Å². The molecule has 0 unspecified atom stereocenters. The Morgan fingerprint density at radius 3 is 2.86 bits per heavy atom. The van der Waals surface area contributed by atoms with E-state index in [1.165, 1.54) is 29.4 Å². The summed E-state index contributed by atoms with van der Waals surface area (Å²) in [5.41, 5.74) is 1.15. The molecule has 1 N–H and O–H groups in total. The molecule has 0 aromatic carbocycles. The van der Waals surface area contributed by atoms with Gasteiger partial charge < -0.3 is 10.2 Å². The molecule has 0 amide bonds. The molecule has 0 atom stereocenters. The third-order valence-electron chi connectivity index (χ3n) is 3.85. The molecule has 6 heteroatoms. The lowest BCUT2D eigenvalue weighted by molar-refractivity contribution is 0.412. The first-order valence-corrected chi connectivity index (χ1v) is 9.36. The summed E-state index contributed by atoms with van der Waals surface area (Å²) in [4.78, 5) is 11.3. The van der Waals surface area contributed by atoms with Crippen LogP contribution in [0.4, 0.5) is 5.13 Å². The first-order valence-electron chi connectivity index (χ1n) is 7.60. The number of hydrogen-bond acceptors (Lipinski definition) is 6. The second-order valence-corrected chi connectivity index (χ2v) is 7.33. The topological polar surface area (TPSA) is 41.0 Å². The predicted octanol–water partition coefficient (Wildman–Crippen LogP) is 3.10. The fourth-order valence-corrected chi connectivity index (χ4v) is 4.23. The number of nitrogens with zero attached hydrogens (tertiary/aromatic N) is 3. The summed E-state index contributed by atoms with van der Waals surface area (Å²) >= 11 is 3.52. The zero-order chi connectivity index (χ0) is 14.5. The molecule has 0 saturated carbocycles. The lowest BCUT2D eigenvalue weighted by Gasteiger charge is -2.32.